The Hall–Kier alpha value is -1.06. The second-order valence-electron chi connectivity index (χ2n) is 2.36. The van der Waals surface area contributed by atoms with Crippen LogP contribution in [0.3, 0.4) is 0 Å². The Bertz CT molecular complexity index is 181. The van der Waals surface area contributed by atoms with E-state index in [1.54, 1.807) is 0 Å². The number of ether oxygens (including phenoxy) is 1. The summed E-state index contributed by atoms with van der Waals surface area (Å²) in [5.74, 6) is 0. The fraction of sp³-hybridized carbons (Fsp3) is 0.800. The highest BCUT2D eigenvalue weighted by Gasteiger charge is 2.37. The minimum absolute atomic E-state index is 0.215. The van der Waals surface area contributed by atoms with E-state index in [1.807, 2.05) is 0 Å². The molecule has 0 unspecified atom stereocenters. The standard InChI is InChI=1S/C5H7N3O2/c6-8-7-1-5(2-9)3-10-4-5/h2H,1,3-4H2. The van der Waals surface area contributed by atoms with Crippen LogP contribution in [0.15, 0.2) is 5.11 Å². The zero-order valence-corrected chi connectivity index (χ0v) is 5.36. The molecule has 1 saturated heterocycles. The predicted octanol–water partition coefficient (Wildman–Crippen LogP) is 0.512. The summed E-state index contributed by atoms with van der Waals surface area (Å²) in [5, 5.41) is 3.31. The Morgan fingerprint density at radius 1 is 1.80 bits per heavy atom. The zero-order chi connectivity index (χ0) is 7.45. The van der Waals surface area contributed by atoms with Gasteiger partial charge in [-0.1, -0.05) is 5.11 Å². The van der Waals surface area contributed by atoms with Crippen LogP contribution in [-0.4, -0.2) is 26.0 Å². The van der Waals surface area contributed by atoms with E-state index in [0.717, 1.165) is 6.29 Å². The highest BCUT2D eigenvalue weighted by molar-refractivity contribution is 5.61. The number of nitrogens with zero attached hydrogens (tertiary/aromatic N) is 3. The normalized spacial score (nSPS) is 20.4. The third kappa shape index (κ3) is 1.10. The number of rotatable bonds is 3. The van der Waals surface area contributed by atoms with Crippen molar-refractivity contribution in [3.05, 3.63) is 10.4 Å². The molecule has 54 valence electrons. The number of hydrogen-bond acceptors (Lipinski definition) is 3. The van der Waals surface area contributed by atoms with Gasteiger partial charge in [-0.15, -0.1) is 0 Å². The summed E-state index contributed by atoms with van der Waals surface area (Å²) in [5.41, 5.74) is 7.44. The van der Waals surface area contributed by atoms with Crippen molar-refractivity contribution in [3.8, 4) is 0 Å². The van der Waals surface area contributed by atoms with Crippen molar-refractivity contribution >= 4 is 6.29 Å². The first kappa shape index (κ1) is 7.05. The number of azide groups is 1. The van der Waals surface area contributed by atoms with Gasteiger partial charge in [0.05, 0.1) is 18.6 Å². The molecule has 0 bridgehead atoms. The summed E-state index contributed by atoms with van der Waals surface area (Å²) in [6, 6.07) is 0. The SMILES string of the molecule is [N-]=[N+]=NCC1(C=O)COC1. The molecule has 0 spiro atoms. The van der Waals surface area contributed by atoms with Crippen molar-refractivity contribution in [2.45, 2.75) is 0 Å². The third-order valence-electron chi connectivity index (χ3n) is 1.48. The van der Waals surface area contributed by atoms with Gasteiger partial charge in [0.25, 0.3) is 0 Å². The Labute approximate surface area is 57.6 Å². The Balaban J connectivity index is 2.48. The molecule has 0 aliphatic carbocycles. The lowest BCUT2D eigenvalue weighted by Gasteiger charge is -2.34. The average Bonchev–Trinajstić information content (AvgIpc) is 1.87. The predicted molar refractivity (Wildman–Crippen MR) is 33.3 cm³/mol. The molecule has 0 radical (unpaired) electrons. The second-order valence-corrected chi connectivity index (χ2v) is 2.36. The summed E-state index contributed by atoms with van der Waals surface area (Å²) >= 11 is 0. The molecule has 1 rings (SSSR count). The van der Waals surface area contributed by atoms with Gasteiger partial charge in [-0.25, -0.2) is 0 Å². The highest BCUT2D eigenvalue weighted by Crippen LogP contribution is 2.24. The molecule has 1 fully saturated rings. The molecule has 0 aromatic heterocycles. The molecule has 1 aliphatic heterocycles. The van der Waals surface area contributed by atoms with Gasteiger partial charge in [0.2, 0.25) is 0 Å². The Kier molecular flexibility index (Phi) is 1.89. The largest absolute Gasteiger partial charge is 0.379 e. The maximum absolute atomic E-state index is 10.4. The van der Waals surface area contributed by atoms with Gasteiger partial charge in [0.15, 0.2) is 0 Å². The van der Waals surface area contributed by atoms with E-state index in [0.29, 0.717) is 13.2 Å². The van der Waals surface area contributed by atoms with Crippen LogP contribution in [0.25, 0.3) is 10.4 Å². The van der Waals surface area contributed by atoms with Gasteiger partial charge in [-0.05, 0) is 5.53 Å². The van der Waals surface area contributed by atoms with E-state index in [9.17, 15) is 4.79 Å². The van der Waals surface area contributed by atoms with Crippen molar-refractivity contribution in [2.24, 2.45) is 10.5 Å². The van der Waals surface area contributed by atoms with Crippen LogP contribution in [0.2, 0.25) is 0 Å². The average molecular weight is 141 g/mol. The summed E-state index contributed by atoms with van der Waals surface area (Å²) in [6.07, 6.45) is 0.797. The lowest BCUT2D eigenvalue weighted by Crippen LogP contribution is -2.46. The first-order valence-electron chi connectivity index (χ1n) is 2.88. The maximum atomic E-state index is 10.4. The van der Waals surface area contributed by atoms with Crippen molar-refractivity contribution < 1.29 is 9.53 Å². The van der Waals surface area contributed by atoms with Gasteiger partial charge >= 0.3 is 0 Å². The monoisotopic (exact) mass is 141 g/mol. The van der Waals surface area contributed by atoms with Gasteiger partial charge in [-0.3, -0.25) is 0 Å². The van der Waals surface area contributed by atoms with Gasteiger partial charge in [0, 0.05) is 11.5 Å². The first-order chi connectivity index (χ1) is 4.83. The Morgan fingerprint density at radius 2 is 2.50 bits per heavy atom. The second kappa shape index (κ2) is 2.68. The number of carbonyl (C=O) groups is 1. The molecule has 1 heterocycles. The van der Waals surface area contributed by atoms with E-state index < -0.39 is 5.41 Å². The molecule has 0 saturated carbocycles. The minimum Gasteiger partial charge on any atom is -0.379 e. The summed E-state index contributed by atoms with van der Waals surface area (Å²) in [6.45, 7) is 0.984. The van der Waals surface area contributed by atoms with Crippen LogP contribution in [0.1, 0.15) is 0 Å². The van der Waals surface area contributed by atoms with E-state index in [-0.39, 0.29) is 6.54 Å². The first-order valence-corrected chi connectivity index (χ1v) is 2.88. The van der Waals surface area contributed by atoms with E-state index in [1.165, 1.54) is 0 Å². The van der Waals surface area contributed by atoms with Crippen LogP contribution in [0.5, 0.6) is 0 Å². The molecular formula is C5H7N3O2. The molecule has 0 N–H and O–H groups in total. The van der Waals surface area contributed by atoms with Crippen LogP contribution < -0.4 is 0 Å². The number of carbonyl (C=O) groups excluding carboxylic acids is 1. The number of hydrogen-bond donors (Lipinski definition) is 0. The summed E-state index contributed by atoms with van der Waals surface area (Å²) in [7, 11) is 0. The van der Waals surface area contributed by atoms with Gasteiger partial charge in [-0.2, -0.15) is 0 Å². The van der Waals surface area contributed by atoms with Gasteiger partial charge in [0.1, 0.15) is 6.29 Å². The van der Waals surface area contributed by atoms with Crippen LogP contribution in [-0.2, 0) is 9.53 Å². The molecule has 10 heavy (non-hydrogen) atoms. The van der Waals surface area contributed by atoms with Crippen molar-refractivity contribution in [2.75, 3.05) is 19.8 Å². The Morgan fingerprint density at radius 3 is 2.80 bits per heavy atom. The number of aldehydes is 1. The highest BCUT2D eigenvalue weighted by atomic mass is 16.5. The topological polar surface area (TPSA) is 75.1 Å². The molecule has 5 heteroatoms. The molecule has 5 nitrogen and oxygen atoms in total. The van der Waals surface area contributed by atoms with E-state index in [2.05, 4.69) is 10.0 Å². The zero-order valence-electron chi connectivity index (χ0n) is 5.36. The van der Waals surface area contributed by atoms with Crippen LogP contribution in [0.4, 0.5) is 0 Å². The lowest BCUT2D eigenvalue weighted by atomic mass is 9.88. The molecule has 0 aromatic carbocycles. The molecule has 1 aliphatic rings. The minimum atomic E-state index is -0.508. The van der Waals surface area contributed by atoms with E-state index in [4.69, 9.17) is 10.3 Å². The van der Waals surface area contributed by atoms with Crippen molar-refractivity contribution in [3.63, 3.8) is 0 Å². The van der Waals surface area contributed by atoms with Crippen LogP contribution >= 0.6 is 0 Å². The van der Waals surface area contributed by atoms with Crippen molar-refractivity contribution in [1.29, 1.82) is 0 Å². The third-order valence-corrected chi connectivity index (χ3v) is 1.48. The smallest absolute Gasteiger partial charge is 0.130 e. The van der Waals surface area contributed by atoms with E-state index >= 15 is 0 Å². The lowest BCUT2D eigenvalue weighted by molar-refractivity contribution is -0.143. The summed E-state index contributed by atoms with van der Waals surface area (Å²) < 4.78 is 4.81. The molecular weight excluding hydrogens is 134 g/mol. The molecule has 0 atom stereocenters. The quantitative estimate of drug-likeness (QED) is 0.248. The molecule has 0 amide bonds. The van der Waals surface area contributed by atoms with Crippen molar-refractivity contribution in [1.82, 2.24) is 0 Å². The fourth-order valence-electron chi connectivity index (χ4n) is 0.733. The summed E-state index contributed by atoms with van der Waals surface area (Å²) in [4.78, 5) is 12.9. The molecule has 0 aromatic rings. The maximum Gasteiger partial charge on any atom is 0.130 e. The van der Waals surface area contributed by atoms with Crippen LogP contribution in [0, 0.1) is 5.41 Å². The fourth-order valence-corrected chi connectivity index (χ4v) is 0.733. The van der Waals surface area contributed by atoms with Gasteiger partial charge < -0.3 is 9.53 Å².